The molecule has 1 aromatic rings. The van der Waals surface area contributed by atoms with Crippen molar-refractivity contribution in [2.75, 3.05) is 0 Å². The molecular weight excluding hydrogens is 212 g/mol. The summed E-state index contributed by atoms with van der Waals surface area (Å²) in [6.07, 6.45) is 4.83. The maximum Gasteiger partial charge on any atom is 0.0954 e. The van der Waals surface area contributed by atoms with Gasteiger partial charge in [-0.2, -0.15) is 0 Å². The summed E-state index contributed by atoms with van der Waals surface area (Å²) in [5.41, 5.74) is 2.27. The number of hydrogen-bond acceptors (Lipinski definition) is 2. The summed E-state index contributed by atoms with van der Waals surface area (Å²) in [5, 5.41) is 10.2. The van der Waals surface area contributed by atoms with Crippen molar-refractivity contribution in [1.29, 1.82) is 0 Å². The van der Waals surface area contributed by atoms with Crippen molar-refractivity contribution in [3.8, 4) is 0 Å². The minimum absolute atomic E-state index is 0.211. The van der Waals surface area contributed by atoms with Gasteiger partial charge in [0.1, 0.15) is 0 Å². The van der Waals surface area contributed by atoms with Crippen molar-refractivity contribution in [1.82, 2.24) is 9.55 Å². The molecule has 0 bridgehead atoms. The maximum absolute atomic E-state index is 10.2. The third-order valence-corrected chi connectivity index (χ3v) is 4.41. The highest BCUT2D eigenvalue weighted by atomic mass is 16.3. The Morgan fingerprint density at radius 3 is 2.59 bits per heavy atom. The molecule has 1 aliphatic carbocycles. The predicted octanol–water partition coefficient (Wildman–Crippen LogP) is 2.86. The molecule has 0 radical (unpaired) electrons. The fraction of sp³-hybridized carbons (Fsp3) is 0.786. The lowest BCUT2D eigenvalue weighted by Crippen LogP contribution is -2.33. The molecule has 0 spiro atoms. The Labute approximate surface area is 104 Å². The van der Waals surface area contributed by atoms with Crippen LogP contribution in [0.25, 0.3) is 0 Å². The van der Waals surface area contributed by atoms with Crippen molar-refractivity contribution in [2.24, 2.45) is 11.8 Å². The zero-order chi connectivity index (χ0) is 12.6. The number of rotatable bonds is 2. The van der Waals surface area contributed by atoms with E-state index in [0.717, 1.165) is 30.9 Å². The van der Waals surface area contributed by atoms with Gasteiger partial charge in [-0.15, -0.1) is 0 Å². The molecule has 1 heterocycles. The minimum Gasteiger partial charge on any atom is -0.391 e. The summed E-state index contributed by atoms with van der Waals surface area (Å²) in [4.78, 5) is 4.35. The molecule has 17 heavy (non-hydrogen) atoms. The molecule has 3 heteroatoms. The van der Waals surface area contributed by atoms with Gasteiger partial charge in [-0.3, -0.25) is 0 Å². The van der Waals surface area contributed by atoms with Gasteiger partial charge >= 0.3 is 0 Å². The first kappa shape index (κ1) is 12.6. The van der Waals surface area contributed by atoms with Crippen molar-refractivity contribution in [2.45, 2.75) is 59.1 Å². The lowest BCUT2D eigenvalue weighted by atomic mass is 9.78. The Kier molecular flexibility index (Phi) is 3.57. The quantitative estimate of drug-likeness (QED) is 0.857. The Morgan fingerprint density at radius 2 is 2.06 bits per heavy atom. The molecule has 1 aliphatic rings. The summed E-state index contributed by atoms with van der Waals surface area (Å²) in [7, 11) is 0. The van der Waals surface area contributed by atoms with Gasteiger partial charge < -0.3 is 9.67 Å². The summed E-state index contributed by atoms with van der Waals surface area (Å²) < 4.78 is 2.18. The second kappa shape index (κ2) is 4.81. The molecule has 1 N–H and O–H groups in total. The molecule has 1 aromatic heterocycles. The number of hydrogen-bond donors (Lipinski definition) is 1. The molecular formula is C14H24N2O. The van der Waals surface area contributed by atoms with E-state index in [1.165, 1.54) is 5.69 Å². The van der Waals surface area contributed by atoms with Gasteiger partial charge in [-0.25, -0.2) is 4.98 Å². The lowest BCUT2D eigenvalue weighted by Gasteiger charge is -2.36. The molecule has 0 aliphatic heterocycles. The van der Waals surface area contributed by atoms with E-state index in [2.05, 4.69) is 30.3 Å². The zero-order valence-corrected chi connectivity index (χ0v) is 11.3. The third-order valence-electron chi connectivity index (χ3n) is 4.41. The van der Waals surface area contributed by atoms with Crippen LogP contribution >= 0.6 is 0 Å². The molecule has 3 atom stereocenters. The Hall–Kier alpha value is -0.830. The second-order valence-electron chi connectivity index (χ2n) is 5.77. The average molecular weight is 236 g/mol. The van der Waals surface area contributed by atoms with Crippen molar-refractivity contribution >= 4 is 0 Å². The van der Waals surface area contributed by atoms with Crippen LogP contribution in [0.1, 0.15) is 50.5 Å². The molecule has 3 nitrogen and oxygen atoms in total. The molecule has 96 valence electrons. The molecule has 1 saturated carbocycles. The van der Waals surface area contributed by atoms with Gasteiger partial charge in [-0.05, 0) is 44.9 Å². The van der Waals surface area contributed by atoms with Crippen LogP contribution in [-0.2, 0) is 0 Å². The Balaban J connectivity index is 2.21. The average Bonchev–Trinajstić information content (AvgIpc) is 2.60. The Bertz CT molecular complexity index is 384. The molecule has 0 saturated heterocycles. The maximum atomic E-state index is 10.2. The van der Waals surface area contributed by atoms with Crippen LogP contribution in [0.15, 0.2) is 6.33 Å². The summed E-state index contributed by atoms with van der Waals surface area (Å²) in [6.45, 7) is 8.69. The topological polar surface area (TPSA) is 38.0 Å². The van der Waals surface area contributed by atoms with E-state index in [1.807, 2.05) is 13.3 Å². The smallest absolute Gasteiger partial charge is 0.0954 e. The van der Waals surface area contributed by atoms with Crippen LogP contribution in [0.5, 0.6) is 0 Å². The molecule has 1 fully saturated rings. The molecule has 0 aromatic carbocycles. The highest BCUT2D eigenvalue weighted by Crippen LogP contribution is 2.37. The van der Waals surface area contributed by atoms with E-state index in [-0.39, 0.29) is 12.1 Å². The predicted molar refractivity (Wildman–Crippen MR) is 68.9 cm³/mol. The van der Waals surface area contributed by atoms with E-state index in [0.29, 0.717) is 5.92 Å². The number of aryl methyl sites for hydroxylation is 1. The molecule has 0 amide bonds. The van der Waals surface area contributed by atoms with Gasteiger partial charge in [0.05, 0.1) is 24.2 Å². The van der Waals surface area contributed by atoms with Gasteiger partial charge in [0.2, 0.25) is 0 Å². The van der Waals surface area contributed by atoms with E-state index in [1.54, 1.807) is 0 Å². The normalized spacial score (nSPS) is 29.9. The number of nitrogens with zero attached hydrogens (tertiary/aromatic N) is 2. The molecule has 3 unspecified atom stereocenters. The number of aliphatic hydroxyl groups is 1. The van der Waals surface area contributed by atoms with Crippen LogP contribution < -0.4 is 0 Å². The van der Waals surface area contributed by atoms with Gasteiger partial charge in [-0.1, -0.05) is 13.8 Å². The van der Waals surface area contributed by atoms with Crippen molar-refractivity contribution in [3.63, 3.8) is 0 Å². The SMILES string of the molecule is Cc1ncn(C2CC(C(C)C)CCC2O)c1C. The lowest BCUT2D eigenvalue weighted by molar-refractivity contribution is 0.0428. The molecule has 2 rings (SSSR count). The fourth-order valence-electron chi connectivity index (χ4n) is 2.92. The standard InChI is InChI=1S/C14H24N2O/c1-9(2)12-5-6-14(17)13(7-12)16-8-15-10(3)11(16)4/h8-9,12-14,17H,5-7H2,1-4H3. The van der Waals surface area contributed by atoms with E-state index in [9.17, 15) is 5.11 Å². The summed E-state index contributed by atoms with van der Waals surface area (Å²) in [5.74, 6) is 1.43. The first-order valence-electron chi connectivity index (χ1n) is 6.68. The first-order valence-corrected chi connectivity index (χ1v) is 6.68. The third kappa shape index (κ3) is 2.39. The highest BCUT2D eigenvalue weighted by Gasteiger charge is 2.32. The summed E-state index contributed by atoms with van der Waals surface area (Å²) in [6, 6.07) is 0.220. The number of aromatic nitrogens is 2. The first-order chi connectivity index (χ1) is 8.00. The number of aliphatic hydroxyl groups excluding tert-OH is 1. The summed E-state index contributed by atoms with van der Waals surface area (Å²) >= 11 is 0. The van der Waals surface area contributed by atoms with Crippen LogP contribution in [0, 0.1) is 25.7 Å². The van der Waals surface area contributed by atoms with E-state index < -0.39 is 0 Å². The van der Waals surface area contributed by atoms with E-state index >= 15 is 0 Å². The van der Waals surface area contributed by atoms with Crippen LogP contribution in [-0.4, -0.2) is 20.8 Å². The van der Waals surface area contributed by atoms with E-state index in [4.69, 9.17) is 0 Å². The van der Waals surface area contributed by atoms with Crippen LogP contribution in [0.2, 0.25) is 0 Å². The van der Waals surface area contributed by atoms with Crippen molar-refractivity contribution < 1.29 is 5.11 Å². The van der Waals surface area contributed by atoms with Crippen molar-refractivity contribution in [3.05, 3.63) is 17.7 Å². The second-order valence-corrected chi connectivity index (χ2v) is 5.77. The zero-order valence-electron chi connectivity index (χ0n) is 11.3. The van der Waals surface area contributed by atoms with Gasteiger partial charge in [0, 0.05) is 5.69 Å². The van der Waals surface area contributed by atoms with Gasteiger partial charge in [0.15, 0.2) is 0 Å². The van der Waals surface area contributed by atoms with Crippen LogP contribution in [0.4, 0.5) is 0 Å². The van der Waals surface area contributed by atoms with Crippen LogP contribution in [0.3, 0.4) is 0 Å². The number of imidazole rings is 1. The minimum atomic E-state index is -0.211. The fourth-order valence-corrected chi connectivity index (χ4v) is 2.92. The Morgan fingerprint density at radius 1 is 1.35 bits per heavy atom. The highest BCUT2D eigenvalue weighted by molar-refractivity contribution is 5.10. The monoisotopic (exact) mass is 236 g/mol. The largest absolute Gasteiger partial charge is 0.391 e. The van der Waals surface area contributed by atoms with Gasteiger partial charge in [0.25, 0.3) is 0 Å².